The van der Waals surface area contributed by atoms with Gasteiger partial charge in [-0.1, -0.05) is 29.3 Å². The summed E-state index contributed by atoms with van der Waals surface area (Å²) in [7, 11) is 0. The largest absolute Gasteiger partial charge is 0.323 e. The van der Waals surface area contributed by atoms with Crippen LogP contribution in [0.3, 0.4) is 0 Å². The summed E-state index contributed by atoms with van der Waals surface area (Å²) >= 11 is 12.3. The molecule has 0 saturated carbocycles. The second kappa shape index (κ2) is 6.30. The third-order valence-corrected chi connectivity index (χ3v) is 3.77. The van der Waals surface area contributed by atoms with Crippen LogP contribution in [0.15, 0.2) is 24.4 Å². The van der Waals surface area contributed by atoms with Gasteiger partial charge in [-0.15, -0.1) is 0 Å². The predicted octanol–water partition coefficient (Wildman–Crippen LogP) is 3.54. The van der Waals surface area contributed by atoms with E-state index < -0.39 is 5.91 Å². The van der Waals surface area contributed by atoms with Crippen molar-refractivity contribution in [3.05, 3.63) is 51.3 Å². The van der Waals surface area contributed by atoms with Gasteiger partial charge in [0.1, 0.15) is 0 Å². The highest BCUT2D eigenvalue weighted by Crippen LogP contribution is 2.33. The molecule has 1 aromatic carbocycles. The highest BCUT2D eigenvalue weighted by molar-refractivity contribution is 6.40. The summed E-state index contributed by atoms with van der Waals surface area (Å²) in [5.74, 6) is 5.03. The molecule has 1 amide bonds. The van der Waals surface area contributed by atoms with E-state index in [1.54, 1.807) is 25.1 Å². The van der Waals surface area contributed by atoms with Crippen molar-refractivity contribution >= 4 is 40.5 Å². The highest BCUT2D eigenvalue weighted by Gasteiger charge is 2.16. The molecule has 0 aliphatic rings. The molecule has 0 fully saturated rings. The van der Waals surface area contributed by atoms with Crippen LogP contribution >= 0.6 is 23.2 Å². The average Bonchev–Trinajstić information content (AvgIpc) is 2.47. The van der Waals surface area contributed by atoms with Crippen LogP contribution in [-0.2, 0) is 0 Å². The van der Waals surface area contributed by atoms with Crippen molar-refractivity contribution in [2.24, 2.45) is 5.84 Å². The number of carbonyl (C=O) groups excluding carboxylic acids is 1. The number of nitrogen functional groups attached to an aromatic ring is 1. The van der Waals surface area contributed by atoms with Gasteiger partial charge >= 0.3 is 0 Å². The molecule has 0 atom stereocenters. The van der Waals surface area contributed by atoms with Gasteiger partial charge in [-0.05, 0) is 31.5 Å². The molecule has 0 aliphatic heterocycles. The van der Waals surface area contributed by atoms with Crippen molar-refractivity contribution in [3.8, 4) is 0 Å². The standard InChI is InChI=1S/C14H14Cl2N4O/c1-7-3-4-10(15)13(12(7)16)19-14(21)9-6-18-8(2)5-11(9)20-17/h3-6H,17H2,1-2H3,(H,18,20)(H,19,21). The van der Waals surface area contributed by atoms with E-state index in [0.29, 0.717) is 27.0 Å². The predicted molar refractivity (Wildman–Crippen MR) is 85.9 cm³/mol. The summed E-state index contributed by atoms with van der Waals surface area (Å²) in [4.78, 5) is 16.4. The number of carbonyl (C=O) groups is 1. The van der Waals surface area contributed by atoms with Gasteiger partial charge in [0.15, 0.2) is 0 Å². The first-order chi connectivity index (χ1) is 9.93. The Kier molecular flexibility index (Phi) is 4.67. The minimum atomic E-state index is -0.398. The van der Waals surface area contributed by atoms with Gasteiger partial charge in [0.2, 0.25) is 0 Å². The topological polar surface area (TPSA) is 80.0 Å². The molecule has 7 heteroatoms. The lowest BCUT2D eigenvalue weighted by Crippen LogP contribution is -2.18. The van der Waals surface area contributed by atoms with Crippen molar-refractivity contribution in [1.82, 2.24) is 4.98 Å². The summed E-state index contributed by atoms with van der Waals surface area (Å²) in [5, 5.41) is 3.45. The second-order valence-electron chi connectivity index (χ2n) is 4.52. The molecule has 1 aromatic heterocycles. The average molecular weight is 325 g/mol. The fraction of sp³-hybridized carbons (Fsp3) is 0.143. The molecule has 2 rings (SSSR count). The van der Waals surface area contributed by atoms with Crippen molar-refractivity contribution in [2.75, 3.05) is 10.7 Å². The highest BCUT2D eigenvalue weighted by atomic mass is 35.5. The second-order valence-corrected chi connectivity index (χ2v) is 5.31. The van der Waals surface area contributed by atoms with E-state index >= 15 is 0 Å². The lowest BCUT2D eigenvalue weighted by atomic mass is 10.1. The van der Waals surface area contributed by atoms with E-state index in [4.69, 9.17) is 29.0 Å². The minimum Gasteiger partial charge on any atom is -0.323 e. The monoisotopic (exact) mass is 324 g/mol. The van der Waals surface area contributed by atoms with E-state index in [9.17, 15) is 4.79 Å². The summed E-state index contributed by atoms with van der Waals surface area (Å²) < 4.78 is 0. The number of benzene rings is 1. The summed E-state index contributed by atoms with van der Waals surface area (Å²) in [6, 6.07) is 5.13. The Bertz CT molecular complexity index is 704. The number of hydrazine groups is 1. The summed E-state index contributed by atoms with van der Waals surface area (Å²) in [6.07, 6.45) is 1.44. The van der Waals surface area contributed by atoms with Crippen LogP contribution in [0.25, 0.3) is 0 Å². The molecule has 21 heavy (non-hydrogen) atoms. The molecule has 0 saturated heterocycles. The van der Waals surface area contributed by atoms with Crippen LogP contribution in [0.2, 0.25) is 10.0 Å². The molecule has 0 aliphatic carbocycles. The fourth-order valence-corrected chi connectivity index (χ4v) is 2.28. The number of anilines is 2. The molecule has 1 heterocycles. The van der Waals surface area contributed by atoms with Gasteiger partial charge in [0.25, 0.3) is 5.91 Å². The number of hydrogen-bond donors (Lipinski definition) is 3. The Morgan fingerprint density at radius 1 is 1.29 bits per heavy atom. The first kappa shape index (κ1) is 15.6. The Balaban J connectivity index is 2.37. The third-order valence-electron chi connectivity index (χ3n) is 2.96. The van der Waals surface area contributed by atoms with E-state index in [1.165, 1.54) is 6.20 Å². The first-order valence-electron chi connectivity index (χ1n) is 6.13. The van der Waals surface area contributed by atoms with Gasteiger partial charge < -0.3 is 10.7 Å². The van der Waals surface area contributed by atoms with Crippen molar-refractivity contribution < 1.29 is 4.79 Å². The zero-order chi connectivity index (χ0) is 15.6. The van der Waals surface area contributed by atoms with Crippen molar-refractivity contribution in [1.29, 1.82) is 0 Å². The zero-order valence-corrected chi connectivity index (χ0v) is 13.0. The lowest BCUT2D eigenvalue weighted by Gasteiger charge is -2.13. The SMILES string of the molecule is Cc1cc(NN)c(C(=O)Nc2c(Cl)ccc(C)c2Cl)cn1. The number of halogens is 2. The minimum absolute atomic E-state index is 0.303. The maximum absolute atomic E-state index is 12.4. The van der Waals surface area contributed by atoms with Crippen LogP contribution in [0, 0.1) is 13.8 Å². The Labute approximate surface area is 132 Å². The van der Waals surface area contributed by atoms with Crippen LogP contribution in [0.1, 0.15) is 21.6 Å². The van der Waals surface area contributed by atoms with Gasteiger partial charge in [-0.2, -0.15) is 0 Å². The Morgan fingerprint density at radius 2 is 2.00 bits per heavy atom. The molecule has 0 spiro atoms. The van der Waals surface area contributed by atoms with E-state index in [0.717, 1.165) is 11.3 Å². The Morgan fingerprint density at radius 3 is 2.67 bits per heavy atom. The lowest BCUT2D eigenvalue weighted by molar-refractivity contribution is 0.102. The van der Waals surface area contributed by atoms with Crippen molar-refractivity contribution in [3.63, 3.8) is 0 Å². The van der Waals surface area contributed by atoms with E-state index in [2.05, 4.69) is 15.7 Å². The molecule has 110 valence electrons. The number of aryl methyl sites for hydroxylation is 2. The maximum atomic E-state index is 12.4. The van der Waals surface area contributed by atoms with Gasteiger partial charge in [-0.25, -0.2) is 0 Å². The number of pyridine rings is 1. The zero-order valence-electron chi connectivity index (χ0n) is 11.5. The van der Waals surface area contributed by atoms with E-state index in [-0.39, 0.29) is 0 Å². The number of amides is 1. The molecular formula is C14H14Cl2N4O. The number of rotatable bonds is 3. The van der Waals surface area contributed by atoms with Gasteiger partial charge in [-0.3, -0.25) is 15.6 Å². The molecular weight excluding hydrogens is 311 g/mol. The normalized spacial score (nSPS) is 10.3. The van der Waals surface area contributed by atoms with Crippen molar-refractivity contribution in [2.45, 2.75) is 13.8 Å². The molecule has 0 radical (unpaired) electrons. The summed E-state index contributed by atoms with van der Waals surface area (Å²) in [6.45, 7) is 3.63. The van der Waals surface area contributed by atoms with Gasteiger partial charge in [0, 0.05) is 11.9 Å². The van der Waals surface area contributed by atoms with Crippen LogP contribution in [0.5, 0.6) is 0 Å². The quantitative estimate of drug-likeness (QED) is 0.596. The molecule has 4 N–H and O–H groups in total. The molecule has 0 unspecified atom stereocenters. The van der Waals surface area contributed by atoms with Crippen LogP contribution in [0.4, 0.5) is 11.4 Å². The van der Waals surface area contributed by atoms with Crippen LogP contribution < -0.4 is 16.6 Å². The van der Waals surface area contributed by atoms with E-state index in [1.807, 2.05) is 6.92 Å². The molecule has 0 bridgehead atoms. The number of nitrogens with one attached hydrogen (secondary N) is 2. The third kappa shape index (κ3) is 3.26. The Hall–Kier alpha value is -1.82. The summed E-state index contributed by atoms with van der Waals surface area (Å²) in [5.41, 5.74) is 5.18. The number of aromatic nitrogens is 1. The fourth-order valence-electron chi connectivity index (χ4n) is 1.81. The van der Waals surface area contributed by atoms with Crippen LogP contribution in [-0.4, -0.2) is 10.9 Å². The molecule has 2 aromatic rings. The van der Waals surface area contributed by atoms with Gasteiger partial charge in [0.05, 0.1) is 27.0 Å². The molecule has 5 nitrogen and oxygen atoms in total. The number of hydrogen-bond acceptors (Lipinski definition) is 4. The first-order valence-corrected chi connectivity index (χ1v) is 6.89. The maximum Gasteiger partial charge on any atom is 0.259 e. The number of nitrogens with zero attached hydrogens (tertiary/aromatic N) is 1. The smallest absolute Gasteiger partial charge is 0.259 e. The number of nitrogens with two attached hydrogens (primary N) is 1.